The van der Waals surface area contributed by atoms with Gasteiger partial charge in [-0.15, -0.1) is 0 Å². The van der Waals surface area contributed by atoms with E-state index in [9.17, 15) is 4.39 Å². The van der Waals surface area contributed by atoms with Crippen LogP contribution in [0, 0.1) is 5.82 Å². The SMILES string of the molecule is Fc1ccc(-c2nc3ccccc3c3c2ccc2c(-c4ccc(-c5nc(-c6ccccc6)cc(-c6ccccc6)n5)cc4)cccc23)cc1. The number of hydrogen-bond acceptors (Lipinski definition) is 3. The molecule has 9 aromatic rings. The van der Waals surface area contributed by atoms with Gasteiger partial charge in [0.05, 0.1) is 22.6 Å². The lowest BCUT2D eigenvalue weighted by molar-refractivity contribution is 0.628. The van der Waals surface area contributed by atoms with E-state index in [1.807, 2.05) is 48.5 Å². The van der Waals surface area contributed by atoms with Crippen LogP contribution < -0.4 is 0 Å². The van der Waals surface area contributed by atoms with Crippen LogP contribution in [0.3, 0.4) is 0 Å². The summed E-state index contributed by atoms with van der Waals surface area (Å²) in [7, 11) is 0. The molecule has 0 aliphatic heterocycles. The molecule has 0 fully saturated rings. The molecule has 0 saturated carbocycles. The Morgan fingerprint density at radius 2 is 0.939 bits per heavy atom. The number of para-hydroxylation sites is 1. The van der Waals surface area contributed by atoms with Crippen LogP contribution in [0.4, 0.5) is 4.39 Å². The molecule has 3 nitrogen and oxygen atoms in total. The van der Waals surface area contributed by atoms with Gasteiger partial charge in [-0.1, -0.05) is 133 Å². The third-order valence-corrected chi connectivity index (χ3v) is 9.16. The number of halogens is 1. The van der Waals surface area contributed by atoms with Gasteiger partial charge < -0.3 is 0 Å². The zero-order valence-corrected chi connectivity index (χ0v) is 26.4. The number of aromatic nitrogens is 3. The Kier molecular flexibility index (Phi) is 6.98. The van der Waals surface area contributed by atoms with Gasteiger partial charge in [-0.2, -0.15) is 0 Å². The maximum atomic E-state index is 13.9. The second kappa shape index (κ2) is 11.9. The predicted molar refractivity (Wildman–Crippen MR) is 199 cm³/mol. The largest absolute Gasteiger partial charge is 0.247 e. The van der Waals surface area contributed by atoms with Crippen molar-refractivity contribution in [1.82, 2.24) is 15.0 Å². The lowest BCUT2D eigenvalue weighted by Gasteiger charge is -2.15. The average Bonchev–Trinajstić information content (AvgIpc) is 3.18. The van der Waals surface area contributed by atoms with Gasteiger partial charge in [-0.3, -0.25) is 0 Å². The van der Waals surface area contributed by atoms with E-state index < -0.39 is 0 Å². The fourth-order valence-corrected chi connectivity index (χ4v) is 6.78. The highest BCUT2D eigenvalue weighted by Gasteiger charge is 2.16. The predicted octanol–water partition coefficient (Wildman–Crippen LogP) is 11.8. The van der Waals surface area contributed by atoms with Crippen LogP contribution in [0.25, 0.3) is 88.7 Å². The summed E-state index contributed by atoms with van der Waals surface area (Å²) in [5, 5.41) is 5.56. The zero-order valence-electron chi connectivity index (χ0n) is 26.4. The molecule has 0 atom stereocenters. The minimum absolute atomic E-state index is 0.262. The second-order valence-electron chi connectivity index (χ2n) is 12.1. The topological polar surface area (TPSA) is 38.7 Å². The van der Waals surface area contributed by atoms with Crippen molar-refractivity contribution in [3.05, 3.63) is 176 Å². The van der Waals surface area contributed by atoms with E-state index in [1.165, 1.54) is 12.1 Å². The first kappa shape index (κ1) is 28.7. The molecule has 0 amide bonds. The highest BCUT2D eigenvalue weighted by molar-refractivity contribution is 6.24. The molecular formula is C45H28FN3. The first-order valence-corrected chi connectivity index (χ1v) is 16.3. The summed E-state index contributed by atoms with van der Waals surface area (Å²) in [4.78, 5) is 15.1. The number of benzene rings is 7. The van der Waals surface area contributed by atoms with Gasteiger partial charge in [0.15, 0.2) is 5.82 Å². The Balaban J connectivity index is 1.18. The maximum Gasteiger partial charge on any atom is 0.160 e. The molecule has 0 N–H and O–H groups in total. The lowest BCUT2D eigenvalue weighted by Crippen LogP contribution is -1.96. The number of hydrogen-bond donors (Lipinski definition) is 0. The molecule has 0 aliphatic carbocycles. The van der Waals surface area contributed by atoms with Crippen molar-refractivity contribution in [1.29, 1.82) is 0 Å². The van der Waals surface area contributed by atoms with Crippen LogP contribution in [0.15, 0.2) is 170 Å². The third kappa shape index (κ3) is 5.20. The molecular weight excluding hydrogens is 602 g/mol. The van der Waals surface area contributed by atoms with Crippen LogP contribution in [-0.2, 0) is 0 Å². The fourth-order valence-electron chi connectivity index (χ4n) is 6.78. The first-order chi connectivity index (χ1) is 24.2. The van der Waals surface area contributed by atoms with Crippen molar-refractivity contribution < 1.29 is 4.39 Å². The quantitative estimate of drug-likeness (QED) is 0.178. The standard InChI is InChI=1S/C45H28FN3/c46-34-24-22-32(23-25-34)44-39-27-26-36-35(15-9-16-37(36)43(39)38-14-7-8-17-40(38)47-44)29-18-20-33(21-19-29)45-48-41(30-10-3-1-4-11-30)28-42(49-45)31-12-5-2-6-13-31/h1-28H. The summed E-state index contributed by atoms with van der Waals surface area (Å²) < 4.78 is 13.9. The summed E-state index contributed by atoms with van der Waals surface area (Å²) in [6, 6.07) is 56.7. The van der Waals surface area contributed by atoms with Gasteiger partial charge in [-0.25, -0.2) is 19.3 Å². The molecule has 0 unspecified atom stereocenters. The van der Waals surface area contributed by atoms with Crippen LogP contribution in [0.2, 0.25) is 0 Å². The number of pyridine rings is 1. The Morgan fingerprint density at radius 1 is 0.367 bits per heavy atom. The van der Waals surface area contributed by atoms with Crippen molar-refractivity contribution in [3.8, 4) is 56.3 Å². The number of fused-ring (bicyclic) bond motifs is 5. The Hall–Kier alpha value is -6.52. The fraction of sp³-hybridized carbons (Fsp3) is 0. The van der Waals surface area contributed by atoms with Crippen LogP contribution >= 0.6 is 0 Å². The van der Waals surface area contributed by atoms with E-state index in [0.717, 1.165) is 82.9 Å². The van der Waals surface area contributed by atoms with Crippen molar-refractivity contribution in [2.75, 3.05) is 0 Å². The Morgan fingerprint density at radius 3 is 1.63 bits per heavy atom. The summed E-state index contributed by atoms with van der Waals surface area (Å²) >= 11 is 0. The van der Waals surface area contributed by atoms with Gasteiger partial charge >= 0.3 is 0 Å². The van der Waals surface area contributed by atoms with E-state index >= 15 is 0 Å². The van der Waals surface area contributed by atoms with E-state index in [0.29, 0.717) is 5.82 Å². The summed E-state index contributed by atoms with van der Waals surface area (Å²) in [6.07, 6.45) is 0. The molecule has 230 valence electrons. The molecule has 9 rings (SSSR count). The number of rotatable bonds is 5. The highest BCUT2D eigenvalue weighted by atomic mass is 19.1. The van der Waals surface area contributed by atoms with Crippen LogP contribution in [0.5, 0.6) is 0 Å². The van der Waals surface area contributed by atoms with Crippen LogP contribution in [0.1, 0.15) is 0 Å². The minimum Gasteiger partial charge on any atom is -0.247 e. The van der Waals surface area contributed by atoms with Crippen molar-refractivity contribution >= 4 is 32.4 Å². The summed E-state index contributed by atoms with van der Waals surface area (Å²) in [6.45, 7) is 0. The smallest absolute Gasteiger partial charge is 0.160 e. The molecule has 0 spiro atoms. The van der Waals surface area contributed by atoms with Crippen molar-refractivity contribution in [3.63, 3.8) is 0 Å². The normalized spacial score (nSPS) is 11.4. The number of nitrogens with zero attached hydrogens (tertiary/aromatic N) is 3. The molecule has 2 heterocycles. The summed E-state index contributed by atoms with van der Waals surface area (Å²) in [5.74, 6) is 0.421. The molecule has 0 bridgehead atoms. The van der Waals surface area contributed by atoms with E-state index in [2.05, 4.69) is 97.1 Å². The monoisotopic (exact) mass is 629 g/mol. The van der Waals surface area contributed by atoms with E-state index in [-0.39, 0.29) is 5.82 Å². The average molecular weight is 630 g/mol. The molecule has 49 heavy (non-hydrogen) atoms. The molecule has 7 aromatic carbocycles. The van der Waals surface area contributed by atoms with Gasteiger partial charge in [0, 0.05) is 38.4 Å². The van der Waals surface area contributed by atoms with Crippen molar-refractivity contribution in [2.24, 2.45) is 0 Å². The molecule has 4 heteroatoms. The van der Waals surface area contributed by atoms with Crippen molar-refractivity contribution in [2.45, 2.75) is 0 Å². The van der Waals surface area contributed by atoms with Gasteiger partial charge in [0.2, 0.25) is 0 Å². The highest BCUT2D eigenvalue weighted by Crippen LogP contribution is 2.40. The Labute approximate surface area is 283 Å². The first-order valence-electron chi connectivity index (χ1n) is 16.3. The maximum absolute atomic E-state index is 13.9. The Bertz CT molecular complexity index is 2580. The minimum atomic E-state index is -0.262. The molecule has 0 aliphatic rings. The zero-order chi connectivity index (χ0) is 32.7. The molecule has 2 aromatic heterocycles. The van der Waals surface area contributed by atoms with Gasteiger partial charge in [-0.05, 0) is 58.3 Å². The second-order valence-corrected chi connectivity index (χ2v) is 12.1. The van der Waals surface area contributed by atoms with Crippen LogP contribution in [-0.4, -0.2) is 15.0 Å². The van der Waals surface area contributed by atoms with Gasteiger partial charge in [0.25, 0.3) is 0 Å². The summed E-state index contributed by atoms with van der Waals surface area (Å²) in [5.41, 5.74) is 9.70. The van der Waals surface area contributed by atoms with Gasteiger partial charge in [0.1, 0.15) is 5.82 Å². The van der Waals surface area contributed by atoms with E-state index in [4.69, 9.17) is 15.0 Å². The third-order valence-electron chi connectivity index (χ3n) is 9.16. The van der Waals surface area contributed by atoms with E-state index in [1.54, 1.807) is 12.1 Å². The molecule has 0 saturated heterocycles. The lowest BCUT2D eigenvalue weighted by atomic mass is 9.91. The molecule has 0 radical (unpaired) electrons.